The summed E-state index contributed by atoms with van der Waals surface area (Å²) >= 11 is 1.30. The molecule has 0 aliphatic carbocycles. The number of aryl methyl sites for hydroxylation is 2. The lowest BCUT2D eigenvalue weighted by molar-refractivity contribution is 0.102. The summed E-state index contributed by atoms with van der Waals surface area (Å²) in [6.07, 6.45) is 0. The highest BCUT2D eigenvalue weighted by atomic mass is 32.1. The number of H-pyrrole nitrogens is 1. The second-order valence-corrected chi connectivity index (χ2v) is 5.17. The van der Waals surface area contributed by atoms with Crippen LogP contribution in [0.4, 0.5) is 5.13 Å². The topological polar surface area (TPSA) is 70.7 Å². The van der Waals surface area contributed by atoms with Crippen molar-refractivity contribution in [3.63, 3.8) is 0 Å². The number of anilines is 1. The molecule has 0 atom stereocenters. The molecule has 1 aromatic carbocycles. The highest BCUT2D eigenvalue weighted by Gasteiger charge is 2.11. The predicted octanol–water partition coefficient (Wildman–Crippen LogP) is 2.89. The number of carbonyl (C=O) groups is 1. The van der Waals surface area contributed by atoms with Crippen molar-refractivity contribution in [2.75, 3.05) is 5.32 Å². The van der Waals surface area contributed by atoms with E-state index >= 15 is 0 Å². The van der Waals surface area contributed by atoms with Gasteiger partial charge in [0.1, 0.15) is 5.51 Å². The Hall–Kier alpha value is -2.21. The Morgan fingerprint density at radius 1 is 1.37 bits per heavy atom. The van der Waals surface area contributed by atoms with Crippen molar-refractivity contribution in [3.05, 3.63) is 40.5 Å². The average molecular weight is 272 g/mol. The monoisotopic (exact) mass is 272 g/mol. The Kier molecular flexibility index (Phi) is 2.79. The molecule has 0 aliphatic rings. The number of nitrogens with zero attached hydrogens (tertiary/aromatic N) is 2. The first-order valence-electron chi connectivity index (χ1n) is 5.81. The van der Waals surface area contributed by atoms with Gasteiger partial charge in [-0.3, -0.25) is 10.1 Å². The molecule has 0 aliphatic heterocycles. The molecule has 3 rings (SSSR count). The van der Waals surface area contributed by atoms with E-state index in [1.807, 2.05) is 26.0 Å². The smallest absolute Gasteiger partial charge is 0.257 e. The van der Waals surface area contributed by atoms with Gasteiger partial charge in [0.05, 0.1) is 0 Å². The first kappa shape index (κ1) is 11.9. The van der Waals surface area contributed by atoms with Gasteiger partial charge in [0, 0.05) is 22.2 Å². The quantitative estimate of drug-likeness (QED) is 0.753. The van der Waals surface area contributed by atoms with E-state index in [2.05, 4.69) is 20.5 Å². The van der Waals surface area contributed by atoms with Gasteiger partial charge >= 0.3 is 0 Å². The standard InChI is InChI=1S/C13H12N4OS/c1-7-8(2)15-11-4-3-9(5-10(7)11)12(18)16-13-17-14-6-19-13/h3-6,15H,1-2H3,(H,16,17,18). The highest BCUT2D eigenvalue weighted by molar-refractivity contribution is 7.13. The molecule has 96 valence electrons. The van der Waals surface area contributed by atoms with Crippen LogP contribution in [0.15, 0.2) is 23.7 Å². The van der Waals surface area contributed by atoms with Crippen LogP contribution >= 0.6 is 11.3 Å². The maximum absolute atomic E-state index is 12.1. The summed E-state index contributed by atoms with van der Waals surface area (Å²) in [6.45, 7) is 4.07. The van der Waals surface area contributed by atoms with Gasteiger partial charge in [-0.1, -0.05) is 11.3 Å². The summed E-state index contributed by atoms with van der Waals surface area (Å²) in [6, 6.07) is 5.61. The molecule has 5 nitrogen and oxygen atoms in total. The van der Waals surface area contributed by atoms with E-state index in [0.717, 1.165) is 16.6 Å². The van der Waals surface area contributed by atoms with Gasteiger partial charge in [-0.2, -0.15) is 0 Å². The molecule has 0 saturated carbocycles. The maximum Gasteiger partial charge on any atom is 0.257 e. The van der Waals surface area contributed by atoms with Gasteiger partial charge in [-0.05, 0) is 37.6 Å². The number of benzene rings is 1. The first-order valence-corrected chi connectivity index (χ1v) is 6.69. The molecule has 6 heteroatoms. The van der Waals surface area contributed by atoms with E-state index in [4.69, 9.17) is 0 Å². The Morgan fingerprint density at radius 2 is 2.21 bits per heavy atom. The van der Waals surface area contributed by atoms with Crippen molar-refractivity contribution >= 4 is 33.3 Å². The van der Waals surface area contributed by atoms with Crippen molar-refractivity contribution in [1.82, 2.24) is 15.2 Å². The van der Waals surface area contributed by atoms with E-state index < -0.39 is 0 Å². The normalized spacial score (nSPS) is 10.8. The van der Waals surface area contributed by atoms with Crippen LogP contribution in [0, 0.1) is 13.8 Å². The van der Waals surface area contributed by atoms with Crippen LogP contribution in [0.5, 0.6) is 0 Å². The Morgan fingerprint density at radius 3 is 2.95 bits per heavy atom. The molecule has 0 bridgehead atoms. The Labute approximate surface area is 113 Å². The van der Waals surface area contributed by atoms with E-state index in [9.17, 15) is 4.79 Å². The SMILES string of the molecule is Cc1[nH]c2ccc(C(=O)Nc3nncs3)cc2c1C. The molecule has 0 fully saturated rings. The van der Waals surface area contributed by atoms with Crippen LogP contribution in [0.1, 0.15) is 21.6 Å². The predicted molar refractivity (Wildman–Crippen MR) is 75.6 cm³/mol. The lowest BCUT2D eigenvalue weighted by atomic mass is 10.1. The van der Waals surface area contributed by atoms with E-state index in [1.165, 1.54) is 16.9 Å². The van der Waals surface area contributed by atoms with Crippen LogP contribution in [0.25, 0.3) is 10.9 Å². The molecular weight excluding hydrogens is 260 g/mol. The summed E-state index contributed by atoms with van der Waals surface area (Å²) in [4.78, 5) is 15.4. The zero-order valence-corrected chi connectivity index (χ0v) is 11.3. The number of hydrogen-bond donors (Lipinski definition) is 2. The lowest BCUT2D eigenvalue weighted by Gasteiger charge is -2.01. The molecule has 0 saturated heterocycles. The molecule has 3 aromatic rings. The fraction of sp³-hybridized carbons (Fsp3) is 0.154. The minimum Gasteiger partial charge on any atom is -0.358 e. The average Bonchev–Trinajstić information content (AvgIpc) is 2.99. The van der Waals surface area contributed by atoms with Gasteiger partial charge in [0.2, 0.25) is 5.13 Å². The van der Waals surface area contributed by atoms with Crippen molar-refractivity contribution in [3.8, 4) is 0 Å². The Bertz CT molecular complexity index is 745. The summed E-state index contributed by atoms with van der Waals surface area (Å²) in [5.41, 5.74) is 5.53. The Balaban J connectivity index is 1.96. The molecule has 2 heterocycles. The summed E-state index contributed by atoms with van der Waals surface area (Å²) in [5, 5.41) is 11.8. The maximum atomic E-state index is 12.1. The first-order chi connectivity index (χ1) is 9.15. The van der Waals surface area contributed by atoms with Gasteiger partial charge in [-0.25, -0.2) is 0 Å². The van der Waals surface area contributed by atoms with Gasteiger partial charge in [0.25, 0.3) is 5.91 Å². The summed E-state index contributed by atoms with van der Waals surface area (Å²) in [5.74, 6) is -0.170. The number of carbonyl (C=O) groups excluding carboxylic acids is 1. The molecule has 1 amide bonds. The van der Waals surface area contributed by atoms with Crippen molar-refractivity contribution in [2.24, 2.45) is 0 Å². The van der Waals surface area contributed by atoms with Crippen LogP contribution in [0.3, 0.4) is 0 Å². The highest BCUT2D eigenvalue weighted by Crippen LogP contribution is 2.23. The fourth-order valence-corrected chi connectivity index (χ4v) is 2.44. The number of aromatic amines is 1. The number of fused-ring (bicyclic) bond motifs is 1. The summed E-state index contributed by atoms with van der Waals surface area (Å²) in [7, 11) is 0. The summed E-state index contributed by atoms with van der Waals surface area (Å²) < 4.78 is 0. The molecule has 0 radical (unpaired) electrons. The molecule has 19 heavy (non-hydrogen) atoms. The number of rotatable bonds is 2. The van der Waals surface area contributed by atoms with Crippen molar-refractivity contribution in [1.29, 1.82) is 0 Å². The van der Waals surface area contributed by atoms with Crippen molar-refractivity contribution in [2.45, 2.75) is 13.8 Å². The largest absolute Gasteiger partial charge is 0.358 e. The molecule has 2 aromatic heterocycles. The molecule has 2 N–H and O–H groups in total. The third kappa shape index (κ3) is 2.10. The van der Waals surface area contributed by atoms with Gasteiger partial charge < -0.3 is 4.98 Å². The third-order valence-corrected chi connectivity index (χ3v) is 3.76. The van der Waals surface area contributed by atoms with Gasteiger partial charge in [0.15, 0.2) is 0 Å². The zero-order chi connectivity index (χ0) is 13.4. The third-order valence-electron chi connectivity index (χ3n) is 3.15. The number of hydrogen-bond acceptors (Lipinski definition) is 4. The van der Waals surface area contributed by atoms with E-state index in [0.29, 0.717) is 10.7 Å². The number of aromatic nitrogens is 3. The van der Waals surface area contributed by atoms with Gasteiger partial charge in [-0.15, -0.1) is 10.2 Å². The van der Waals surface area contributed by atoms with Crippen LogP contribution in [0.2, 0.25) is 0 Å². The minimum atomic E-state index is -0.170. The lowest BCUT2D eigenvalue weighted by Crippen LogP contribution is -2.11. The van der Waals surface area contributed by atoms with Crippen LogP contribution in [-0.4, -0.2) is 21.1 Å². The molecule has 0 spiro atoms. The number of nitrogens with one attached hydrogen (secondary N) is 2. The fourth-order valence-electron chi connectivity index (χ4n) is 2.00. The van der Waals surface area contributed by atoms with E-state index in [-0.39, 0.29) is 5.91 Å². The second-order valence-electron chi connectivity index (χ2n) is 4.33. The van der Waals surface area contributed by atoms with Crippen LogP contribution in [-0.2, 0) is 0 Å². The zero-order valence-electron chi connectivity index (χ0n) is 10.5. The number of amides is 1. The van der Waals surface area contributed by atoms with Crippen molar-refractivity contribution < 1.29 is 4.79 Å². The minimum absolute atomic E-state index is 0.170. The van der Waals surface area contributed by atoms with E-state index in [1.54, 1.807) is 11.6 Å². The molecular formula is C13H12N4OS. The van der Waals surface area contributed by atoms with Crippen LogP contribution < -0.4 is 5.32 Å². The molecule has 0 unspecified atom stereocenters. The second kappa shape index (κ2) is 4.47.